The molecule has 22 heavy (non-hydrogen) atoms. The van der Waals surface area contributed by atoms with Crippen LogP contribution in [-0.2, 0) is 14.3 Å². The van der Waals surface area contributed by atoms with Crippen molar-refractivity contribution in [3.8, 4) is 0 Å². The predicted octanol–water partition coefficient (Wildman–Crippen LogP) is -3.24. The van der Waals surface area contributed by atoms with Gasteiger partial charge in [-0.25, -0.2) is 4.79 Å². The van der Waals surface area contributed by atoms with Gasteiger partial charge in [0.25, 0.3) is 0 Å². The van der Waals surface area contributed by atoms with Gasteiger partial charge in [0.2, 0.25) is 11.7 Å². The summed E-state index contributed by atoms with van der Waals surface area (Å²) in [6.07, 6.45) is -1.78. The van der Waals surface area contributed by atoms with Crippen LogP contribution in [0.25, 0.3) is 0 Å². The summed E-state index contributed by atoms with van der Waals surface area (Å²) < 4.78 is 5.30. The number of carboxylic acids is 1. The Morgan fingerprint density at radius 3 is 2.55 bits per heavy atom. The number of carboxylic acid groups (broad SMARTS) is 1. The third kappa shape index (κ3) is 5.24. The van der Waals surface area contributed by atoms with Crippen LogP contribution < -0.4 is 22.1 Å². The summed E-state index contributed by atoms with van der Waals surface area (Å²) in [5.74, 6) is -2.03. The average Bonchev–Trinajstić information content (AvgIpc) is 2.40. The first kappa shape index (κ1) is 18.3. The topological polar surface area (TPSA) is 180 Å². The van der Waals surface area contributed by atoms with E-state index < -0.39 is 43.2 Å². The van der Waals surface area contributed by atoms with Crippen LogP contribution in [0.5, 0.6) is 0 Å². The van der Waals surface area contributed by atoms with E-state index in [4.69, 9.17) is 26.4 Å². The Bertz CT molecular complexity index is 441. The minimum absolute atomic E-state index is 0.0793. The highest BCUT2D eigenvalue weighted by atomic mass is 16.5. The van der Waals surface area contributed by atoms with Gasteiger partial charge in [0.15, 0.2) is 0 Å². The first-order valence-corrected chi connectivity index (χ1v) is 6.69. The molecule has 0 aromatic carbocycles. The Kier molecular flexibility index (Phi) is 6.71. The molecule has 10 heteroatoms. The summed E-state index contributed by atoms with van der Waals surface area (Å²) >= 11 is 0. The molecule has 1 aliphatic rings. The van der Waals surface area contributed by atoms with Crippen LogP contribution in [0.4, 0.5) is 0 Å². The fourth-order valence-corrected chi connectivity index (χ4v) is 2.22. The van der Waals surface area contributed by atoms with Crippen molar-refractivity contribution in [1.29, 1.82) is 0 Å². The van der Waals surface area contributed by atoms with Gasteiger partial charge in [0, 0.05) is 13.3 Å². The number of hydrogen-bond acceptors (Lipinski definition) is 8. The summed E-state index contributed by atoms with van der Waals surface area (Å²) in [5, 5.41) is 32.9. The lowest BCUT2D eigenvalue weighted by Gasteiger charge is -2.38. The molecule has 0 bridgehead atoms. The van der Waals surface area contributed by atoms with E-state index in [2.05, 4.69) is 10.6 Å². The van der Waals surface area contributed by atoms with Crippen LogP contribution in [0.2, 0.25) is 0 Å². The van der Waals surface area contributed by atoms with Crippen molar-refractivity contribution >= 4 is 11.9 Å². The molecule has 0 saturated carbocycles. The van der Waals surface area contributed by atoms with Crippen molar-refractivity contribution in [1.82, 2.24) is 10.6 Å². The number of nitrogens with one attached hydrogen (secondary N) is 2. The lowest BCUT2D eigenvalue weighted by molar-refractivity contribution is -0.139. The van der Waals surface area contributed by atoms with Gasteiger partial charge in [0.1, 0.15) is 12.4 Å². The second-order valence-electron chi connectivity index (χ2n) is 5.01. The van der Waals surface area contributed by atoms with Crippen molar-refractivity contribution in [2.24, 2.45) is 11.5 Å². The predicted molar refractivity (Wildman–Crippen MR) is 75.0 cm³/mol. The monoisotopic (exact) mass is 318 g/mol. The van der Waals surface area contributed by atoms with Gasteiger partial charge >= 0.3 is 5.97 Å². The number of carbonyl (C=O) groups is 2. The number of rotatable bonds is 7. The van der Waals surface area contributed by atoms with Crippen LogP contribution in [0.3, 0.4) is 0 Å². The maximum absolute atomic E-state index is 11.4. The van der Waals surface area contributed by atoms with Gasteiger partial charge in [-0.2, -0.15) is 0 Å². The van der Waals surface area contributed by atoms with Crippen molar-refractivity contribution in [3.05, 3.63) is 11.8 Å². The number of ether oxygens (including phenoxy) is 1. The molecule has 0 saturated heterocycles. The molecule has 0 spiro atoms. The van der Waals surface area contributed by atoms with Crippen LogP contribution >= 0.6 is 0 Å². The minimum Gasteiger partial charge on any atom is -0.481 e. The Hall–Kier alpha value is -1.72. The number of carbonyl (C=O) groups excluding carboxylic acids is 1. The van der Waals surface area contributed by atoms with E-state index in [1.807, 2.05) is 0 Å². The third-order valence-electron chi connectivity index (χ3n) is 3.08. The first-order valence-electron chi connectivity index (χ1n) is 6.69. The second kappa shape index (κ2) is 8.06. The van der Waals surface area contributed by atoms with E-state index in [9.17, 15) is 14.7 Å². The summed E-state index contributed by atoms with van der Waals surface area (Å²) in [5.41, 5.74) is 10.9. The van der Waals surface area contributed by atoms with Crippen molar-refractivity contribution in [2.45, 2.75) is 43.9 Å². The summed E-state index contributed by atoms with van der Waals surface area (Å²) in [6, 6.07) is -1.42. The molecule has 0 aliphatic carbocycles. The SMILES string of the molecule is CC(=O)NC1C(NC(N)N)C=C(C(=O)O)OC1CC(O)CO. The quantitative estimate of drug-likeness (QED) is 0.237. The van der Waals surface area contributed by atoms with Gasteiger partial charge in [-0.05, 0) is 6.08 Å². The van der Waals surface area contributed by atoms with Gasteiger partial charge < -0.3 is 36.8 Å². The Labute approximate surface area is 127 Å². The summed E-state index contributed by atoms with van der Waals surface area (Å²) in [4.78, 5) is 22.5. The number of amides is 1. The number of nitrogens with two attached hydrogens (primary N) is 2. The van der Waals surface area contributed by atoms with Crippen molar-refractivity contribution < 1.29 is 29.6 Å². The van der Waals surface area contributed by atoms with Crippen molar-refractivity contribution in [2.75, 3.05) is 6.61 Å². The zero-order chi connectivity index (χ0) is 16.9. The van der Waals surface area contributed by atoms with Crippen LogP contribution in [-0.4, -0.2) is 64.4 Å². The molecule has 0 radical (unpaired) electrons. The zero-order valence-electron chi connectivity index (χ0n) is 12.1. The maximum atomic E-state index is 11.4. The van der Waals surface area contributed by atoms with Crippen LogP contribution in [0.15, 0.2) is 11.8 Å². The molecule has 126 valence electrons. The molecule has 1 heterocycles. The molecule has 4 atom stereocenters. The van der Waals surface area contributed by atoms with E-state index in [0.717, 1.165) is 0 Å². The summed E-state index contributed by atoms with van der Waals surface area (Å²) in [6.45, 7) is 0.767. The first-order chi connectivity index (χ1) is 10.2. The largest absolute Gasteiger partial charge is 0.481 e. The molecule has 1 aliphatic heterocycles. The molecule has 0 fully saturated rings. The molecule has 4 unspecified atom stereocenters. The standard InChI is InChI=1S/C12H22N4O6/c1-5(18)15-10-7(16-12(13)14)3-9(11(20)21)22-8(10)2-6(19)4-17/h3,6-8,10,12,16-17,19H,2,4,13-14H2,1H3,(H,15,18)(H,20,21). The van der Waals surface area contributed by atoms with E-state index in [-0.39, 0.29) is 18.1 Å². The van der Waals surface area contributed by atoms with Crippen LogP contribution in [0.1, 0.15) is 13.3 Å². The minimum atomic E-state index is -1.30. The fourth-order valence-electron chi connectivity index (χ4n) is 2.22. The molecular weight excluding hydrogens is 296 g/mol. The van der Waals surface area contributed by atoms with E-state index in [0.29, 0.717) is 0 Å². The molecular formula is C12H22N4O6. The normalized spacial score (nSPS) is 26.1. The molecule has 0 aromatic heterocycles. The fraction of sp³-hybridized carbons (Fsp3) is 0.667. The highest BCUT2D eigenvalue weighted by Gasteiger charge is 2.38. The van der Waals surface area contributed by atoms with Gasteiger partial charge in [-0.1, -0.05) is 0 Å². The molecule has 9 N–H and O–H groups in total. The van der Waals surface area contributed by atoms with Gasteiger partial charge in [0.05, 0.1) is 24.8 Å². The van der Waals surface area contributed by atoms with E-state index >= 15 is 0 Å². The molecule has 10 nitrogen and oxygen atoms in total. The van der Waals surface area contributed by atoms with Gasteiger partial charge in [-0.3, -0.25) is 10.1 Å². The molecule has 0 aromatic rings. The Balaban J connectivity index is 3.07. The van der Waals surface area contributed by atoms with Gasteiger partial charge in [-0.15, -0.1) is 0 Å². The number of aliphatic hydroxyl groups is 2. The lowest BCUT2D eigenvalue weighted by Crippen LogP contribution is -2.63. The van der Waals surface area contributed by atoms with Crippen molar-refractivity contribution in [3.63, 3.8) is 0 Å². The number of aliphatic hydroxyl groups excluding tert-OH is 2. The van der Waals surface area contributed by atoms with E-state index in [1.54, 1.807) is 0 Å². The Morgan fingerprint density at radius 1 is 1.45 bits per heavy atom. The Morgan fingerprint density at radius 2 is 2.09 bits per heavy atom. The summed E-state index contributed by atoms with van der Waals surface area (Å²) in [7, 11) is 0. The average molecular weight is 318 g/mol. The maximum Gasteiger partial charge on any atom is 0.370 e. The smallest absolute Gasteiger partial charge is 0.370 e. The number of hydrogen-bond donors (Lipinski definition) is 7. The zero-order valence-corrected chi connectivity index (χ0v) is 12.1. The molecule has 1 amide bonds. The van der Waals surface area contributed by atoms with E-state index in [1.165, 1.54) is 13.0 Å². The van der Waals surface area contributed by atoms with Crippen LogP contribution in [0, 0.1) is 0 Å². The molecule has 1 rings (SSSR count). The highest BCUT2D eigenvalue weighted by Crippen LogP contribution is 2.22. The highest BCUT2D eigenvalue weighted by molar-refractivity contribution is 5.84. The lowest BCUT2D eigenvalue weighted by atomic mass is 9.94. The third-order valence-corrected chi connectivity index (χ3v) is 3.08. The second-order valence-corrected chi connectivity index (χ2v) is 5.01. The number of aliphatic carboxylic acids is 1.